The van der Waals surface area contributed by atoms with Crippen LogP contribution in [0.3, 0.4) is 0 Å². The minimum atomic E-state index is 0.573. The van der Waals surface area contributed by atoms with Gasteiger partial charge in [0.2, 0.25) is 0 Å². The van der Waals surface area contributed by atoms with E-state index in [2.05, 4.69) is 57.6 Å². The molecule has 3 heteroatoms. The SMILES string of the molecule is Cc1cc(I)cc(Br)c1CCl. The van der Waals surface area contributed by atoms with Gasteiger partial charge in [-0.05, 0) is 52.8 Å². The number of hydrogen-bond acceptors (Lipinski definition) is 0. The summed E-state index contributed by atoms with van der Waals surface area (Å²) >= 11 is 11.5. The second-order valence-corrected chi connectivity index (χ2v) is 4.68. The van der Waals surface area contributed by atoms with Crippen LogP contribution in [0.25, 0.3) is 0 Å². The van der Waals surface area contributed by atoms with Gasteiger partial charge >= 0.3 is 0 Å². The molecule has 0 aliphatic carbocycles. The second kappa shape index (κ2) is 4.10. The average Bonchev–Trinajstić information content (AvgIpc) is 1.85. The average molecular weight is 345 g/mol. The molecule has 0 saturated heterocycles. The Morgan fingerprint density at radius 1 is 1.55 bits per heavy atom. The molecule has 0 atom stereocenters. The van der Waals surface area contributed by atoms with Crippen molar-refractivity contribution in [3.63, 3.8) is 0 Å². The summed E-state index contributed by atoms with van der Waals surface area (Å²) in [5, 5.41) is 0. The Kier molecular flexibility index (Phi) is 3.65. The molecule has 60 valence electrons. The first kappa shape index (κ1) is 9.81. The Hall–Kier alpha value is 0.720. The van der Waals surface area contributed by atoms with Gasteiger partial charge in [-0.2, -0.15) is 0 Å². The van der Waals surface area contributed by atoms with Crippen LogP contribution in [0.4, 0.5) is 0 Å². The van der Waals surface area contributed by atoms with Gasteiger partial charge in [0.15, 0.2) is 0 Å². The van der Waals surface area contributed by atoms with Crippen molar-refractivity contribution in [1.82, 2.24) is 0 Å². The Labute approximate surface area is 93.6 Å². The molecule has 0 radical (unpaired) electrons. The maximum absolute atomic E-state index is 5.76. The van der Waals surface area contributed by atoms with Gasteiger partial charge in [0, 0.05) is 13.9 Å². The Bertz CT molecular complexity index is 250. The zero-order chi connectivity index (χ0) is 8.43. The first-order valence-electron chi connectivity index (χ1n) is 3.15. The van der Waals surface area contributed by atoms with E-state index in [0.29, 0.717) is 5.88 Å². The first-order valence-corrected chi connectivity index (χ1v) is 5.56. The van der Waals surface area contributed by atoms with Gasteiger partial charge in [-0.15, -0.1) is 11.6 Å². The molecule has 1 rings (SSSR count). The molecular weight excluding hydrogens is 338 g/mol. The molecule has 0 saturated carbocycles. The number of aryl methyl sites for hydroxylation is 1. The standard InChI is InChI=1S/C8H7BrClI/c1-5-2-6(11)3-8(9)7(5)4-10/h2-3H,4H2,1H3. The smallest absolute Gasteiger partial charge is 0.0487 e. The Morgan fingerprint density at radius 2 is 2.18 bits per heavy atom. The van der Waals surface area contributed by atoms with Crippen LogP contribution in [0.5, 0.6) is 0 Å². The Morgan fingerprint density at radius 3 is 2.64 bits per heavy atom. The predicted molar refractivity (Wildman–Crippen MR) is 61.2 cm³/mol. The fraction of sp³-hybridized carbons (Fsp3) is 0.250. The monoisotopic (exact) mass is 344 g/mol. The quantitative estimate of drug-likeness (QED) is 0.531. The number of rotatable bonds is 1. The molecule has 0 aliphatic heterocycles. The highest BCUT2D eigenvalue weighted by atomic mass is 127. The van der Waals surface area contributed by atoms with E-state index in [0.717, 1.165) is 4.47 Å². The van der Waals surface area contributed by atoms with Gasteiger partial charge in [0.25, 0.3) is 0 Å². The van der Waals surface area contributed by atoms with Gasteiger partial charge in [0.1, 0.15) is 0 Å². The van der Waals surface area contributed by atoms with Gasteiger partial charge < -0.3 is 0 Å². The maximum Gasteiger partial charge on any atom is 0.0487 e. The number of halogens is 3. The largest absolute Gasteiger partial charge is 0.121 e. The summed E-state index contributed by atoms with van der Waals surface area (Å²) in [6.07, 6.45) is 0. The van der Waals surface area contributed by atoms with Gasteiger partial charge in [-0.25, -0.2) is 0 Å². The summed E-state index contributed by atoms with van der Waals surface area (Å²) in [4.78, 5) is 0. The fourth-order valence-corrected chi connectivity index (χ4v) is 3.32. The molecule has 0 bridgehead atoms. The van der Waals surface area contributed by atoms with E-state index in [1.165, 1.54) is 14.7 Å². The third-order valence-corrected chi connectivity index (χ3v) is 3.11. The van der Waals surface area contributed by atoms with Crippen LogP contribution >= 0.6 is 50.1 Å². The molecule has 0 amide bonds. The van der Waals surface area contributed by atoms with Gasteiger partial charge in [-0.3, -0.25) is 0 Å². The molecule has 1 aromatic rings. The molecule has 0 unspecified atom stereocenters. The minimum Gasteiger partial charge on any atom is -0.121 e. The molecule has 0 nitrogen and oxygen atoms in total. The van der Waals surface area contributed by atoms with E-state index >= 15 is 0 Å². The molecule has 0 heterocycles. The molecule has 0 aliphatic rings. The number of benzene rings is 1. The van der Waals surface area contributed by atoms with E-state index in [-0.39, 0.29) is 0 Å². The van der Waals surface area contributed by atoms with Gasteiger partial charge in [0.05, 0.1) is 0 Å². The molecule has 0 N–H and O–H groups in total. The highest BCUT2D eigenvalue weighted by Gasteiger charge is 2.02. The van der Waals surface area contributed by atoms with Crippen LogP contribution in [0.1, 0.15) is 11.1 Å². The van der Waals surface area contributed by atoms with Crippen LogP contribution in [0.2, 0.25) is 0 Å². The van der Waals surface area contributed by atoms with Crippen molar-refractivity contribution in [2.24, 2.45) is 0 Å². The summed E-state index contributed by atoms with van der Waals surface area (Å²) in [6.45, 7) is 2.07. The van der Waals surface area contributed by atoms with Crippen molar-refractivity contribution in [1.29, 1.82) is 0 Å². The molecule has 11 heavy (non-hydrogen) atoms. The van der Waals surface area contributed by atoms with Crippen molar-refractivity contribution in [3.8, 4) is 0 Å². The summed E-state index contributed by atoms with van der Waals surface area (Å²) in [5.41, 5.74) is 2.44. The lowest BCUT2D eigenvalue weighted by atomic mass is 10.1. The van der Waals surface area contributed by atoms with E-state index in [1.807, 2.05) is 0 Å². The second-order valence-electron chi connectivity index (χ2n) is 2.32. The van der Waals surface area contributed by atoms with Crippen molar-refractivity contribution in [2.45, 2.75) is 12.8 Å². The minimum absolute atomic E-state index is 0.573. The first-order chi connectivity index (χ1) is 5.15. The van der Waals surface area contributed by atoms with Crippen LogP contribution in [-0.4, -0.2) is 0 Å². The topological polar surface area (TPSA) is 0 Å². The highest BCUT2D eigenvalue weighted by molar-refractivity contribution is 14.1. The third kappa shape index (κ3) is 2.33. The zero-order valence-corrected chi connectivity index (χ0v) is 10.5. The predicted octanol–water partition coefficient (Wildman–Crippen LogP) is 4.10. The van der Waals surface area contributed by atoms with Crippen LogP contribution in [0, 0.1) is 10.5 Å². The number of hydrogen-bond donors (Lipinski definition) is 0. The van der Waals surface area contributed by atoms with Crippen molar-refractivity contribution < 1.29 is 0 Å². The van der Waals surface area contributed by atoms with E-state index < -0.39 is 0 Å². The number of alkyl halides is 1. The van der Waals surface area contributed by atoms with E-state index in [4.69, 9.17) is 11.6 Å². The summed E-state index contributed by atoms with van der Waals surface area (Å²) < 4.78 is 2.35. The van der Waals surface area contributed by atoms with Crippen LogP contribution < -0.4 is 0 Å². The molecular formula is C8H7BrClI. The van der Waals surface area contributed by atoms with E-state index in [9.17, 15) is 0 Å². The Balaban J connectivity index is 3.25. The van der Waals surface area contributed by atoms with E-state index in [1.54, 1.807) is 0 Å². The maximum atomic E-state index is 5.76. The normalized spacial score (nSPS) is 10.2. The zero-order valence-electron chi connectivity index (χ0n) is 6.00. The van der Waals surface area contributed by atoms with Crippen molar-refractivity contribution in [2.75, 3.05) is 0 Å². The lowest BCUT2D eigenvalue weighted by molar-refractivity contribution is 1.27. The molecule has 0 spiro atoms. The van der Waals surface area contributed by atoms with Crippen molar-refractivity contribution >= 4 is 50.1 Å². The van der Waals surface area contributed by atoms with Crippen LogP contribution in [0.15, 0.2) is 16.6 Å². The summed E-state index contributed by atoms with van der Waals surface area (Å²) in [5.74, 6) is 0.573. The summed E-state index contributed by atoms with van der Waals surface area (Å²) in [6, 6.07) is 4.20. The van der Waals surface area contributed by atoms with Gasteiger partial charge in [-0.1, -0.05) is 15.9 Å². The lowest BCUT2D eigenvalue weighted by Gasteiger charge is -2.04. The summed E-state index contributed by atoms with van der Waals surface area (Å²) in [7, 11) is 0. The third-order valence-electron chi connectivity index (χ3n) is 1.52. The molecule has 1 aromatic carbocycles. The van der Waals surface area contributed by atoms with Crippen molar-refractivity contribution in [3.05, 3.63) is 31.3 Å². The fourth-order valence-electron chi connectivity index (χ4n) is 0.901. The molecule has 0 fully saturated rings. The van der Waals surface area contributed by atoms with Crippen LogP contribution in [-0.2, 0) is 5.88 Å². The molecule has 0 aromatic heterocycles. The lowest BCUT2D eigenvalue weighted by Crippen LogP contribution is -1.87. The highest BCUT2D eigenvalue weighted by Crippen LogP contribution is 2.24.